The molecule has 0 aliphatic rings. The van der Waals surface area contributed by atoms with Crippen LogP contribution in [0.4, 0.5) is 0 Å². The molecule has 8 heteroatoms. The Balaban J connectivity index is 0. The molecule has 0 heterocycles. The fraction of sp³-hybridized carbons (Fsp3) is 1.00. The number of rotatable bonds is 16. The molecule has 6 nitrogen and oxygen atoms in total. The van der Waals surface area contributed by atoms with Crippen molar-refractivity contribution in [2.75, 3.05) is 13.2 Å². The molecule has 0 bridgehead atoms. The van der Waals surface area contributed by atoms with Crippen molar-refractivity contribution in [1.29, 1.82) is 0 Å². The Morgan fingerprint density at radius 3 is 1.29 bits per heavy atom. The summed E-state index contributed by atoms with van der Waals surface area (Å²) in [7, 11) is -2.62. The smallest absolute Gasteiger partial charge is 0.324 e. The van der Waals surface area contributed by atoms with E-state index in [1.54, 1.807) is 0 Å². The Bertz CT molecular complexity index is 234. The minimum Gasteiger partial charge on any atom is -0.328 e. The molecule has 0 atom stereocenters. The van der Waals surface area contributed by atoms with Gasteiger partial charge in [0.2, 0.25) is 0 Å². The van der Waals surface area contributed by atoms with E-state index < -0.39 is 27.2 Å². The first-order valence-electron chi connectivity index (χ1n) is 9.20. The van der Waals surface area contributed by atoms with Gasteiger partial charge in [0.05, 0.1) is 0 Å². The first-order valence-corrected chi connectivity index (χ1v) is 12.3. The molecule has 0 aromatic heterocycles. The van der Waals surface area contributed by atoms with E-state index in [1.807, 2.05) is 0 Å². The minimum atomic E-state index is -2.84. The van der Waals surface area contributed by atoms with Crippen molar-refractivity contribution in [1.82, 2.24) is 0 Å². The fourth-order valence-corrected chi connectivity index (χ4v) is 3.22. The van der Waals surface area contributed by atoms with Gasteiger partial charge in [-0.1, -0.05) is 0 Å². The van der Waals surface area contributed by atoms with Crippen molar-refractivity contribution in [3.8, 4) is 0 Å². The molecule has 0 aliphatic carbocycles. The summed E-state index contributed by atoms with van der Waals surface area (Å²) >= 11 is -2.84. The maximum Gasteiger partial charge on any atom is 0.324 e. The van der Waals surface area contributed by atoms with E-state index in [0.29, 0.717) is 13.2 Å². The van der Waals surface area contributed by atoms with Gasteiger partial charge in [0, 0.05) is 0 Å². The van der Waals surface area contributed by atoms with Crippen molar-refractivity contribution in [2.45, 2.75) is 90.9 Å². The molecule has 0 amide bonds. The van der Waals surface area contributed by atoms with Gasteiger partial charge in [-0.05, 0) is 0 Å². The van der Waals surface area contributed by atoms with E-state index >= 15 is 0 Å². The van der Waals surface area contributed by atoms with E-state index in [1.165, 1.54) is 64.2 Å². The van der Waals surface area contributed by atoms with Crippen LogP contribution in [-0.2, 0) is 28.6 Å². The molecule has 0 fully saturated rings. The molecular formula is C16H37O6PTi. The van der Waals surface area contributed by atoms with Crippen LogP contribution in [0.15, 0.2) is 0 Å². The maximum absolute atomic E-state index is 11.5. The van der Waals surface area contributed by atoms with Crippen molar-refractivity contribution >= 4 is 8.60 Å². The van der Waals surface area contributed by atoms with Crippen LogP contribution >= 0.6 is 8.60 Å². The summed E-state index contributed by atoms with van der Waals surface area (Å²) in [6, 6.07) is 0. The summed E-state index contributed by atoms with van der Waals surface area (Å²) in [6.45, 7) is 5.67. The van der Waals surface area contributed by atoms with Gasteiger partial charge >= 0.3 is 141 Å². The van der Waals surface area contributed by atoms with Crippen LogP contribution in [0.2, 0.25) is 0 Å². The van der Waals surface area contributed by atoms with Crippen LogP contribution in [0.5, 0.6) is 0 Å². The van der Waals surface area contributed by atoms with Crippen molar-refractivity contribution < 1.29 is 43.3 Å². The molecule has 0 saturated carbocycles. The van der Waals surface area contributed by atoms with E-state index in [-0.39, 0.29) is 0 Å². The summed E-state index contributed by atoms with van der Waals surface area (Å²) in [4.78, 5) is 21.7. The summed E-state index contributed by atoms with van der Waals surface area (Å²) < 4.78 is 22.1. The van der Waals surface area contributed by atoms with Gasteiger partial charge < -0.3 is 14.7 Å². The molecule has 3 N–H and O–H groups in total. The predicted molar refractivity (Wildman–Crippen MR) is 92.9 cm³/mol. The molecule has 0 radical (unpaired) electrons. The molecule has 0 aromatic carbocycles. The normalized spacial score (nSPS) is 10.6. The van der Waals surface area contributed by atoms with Crippen LogP contribution in [0.3, 0.4) is 0 Å². The monoisotopic (exact) mass is 404 g/mol. The van der Waals surface area contributed by atoms with Crippen molar-refractivity contribution in [3.05, 3.63) is 0 Å². The summed E-state index contributed by atoms with van der Waals surface area (Å²) in [5.74, 6) is 0. The molecule has 0 aliphatic heterocycles. The first-order chi connectivity index (χ1) is 11.5. The average Bonchev–Trinajstić information content (AvgIpc) is 2.52. The Morgan fingerprint density at radius 1 is 0.667 bits per heavy atom. The standard InChI is InChI=1S/2C8H17O.H3O3P.O.Ti/c2*1-2-3-4-5-6-7-8-9;1-4(2)3;;/h2*2-8H2,1H3;1-3H;;/q2*-1;;;+2. The molecule has 24 heavy (non-hydrogen) atoms. The number of unbranched alkanes of at least 4 members (excludes halogenated alkanes) is 10. The Kier molecular flexibility index (Phi) is 26.7. The zero-order chi connectivity index (χ0) is 18.5. The zero-order valence-corrected chi connectivity index (χ0v) is 17.9. The van der Waals surface area contributed by atoms with Crippen molar-refractivity contribution in [3.63, 3.8) is 0 Å². The zero-order valence-electron chi connectivity index (χ0n) is 15.4. The molecule has 146 valence electrons. The van der Waals surface area contributed by atoms with Crippen LogP contribution in [0.1, 0.15) is 90.9 Å². The summed E-state index contributed by atoms with van der Waals surface area (Å²) in [6.07, 6.45) is 14.8. The van der Waals surface area contributed by atoms with Crippen LogP contribution in [-0.4, -0.2) is 27.9 Å². The Labute approximate surface area is 156 Å². The molecule has 0 aromatic rings. The third kappa shape index (κ3) is 30.6. The second kappa shape index (κ2) is 23.7. The molecular weight excluding hydrogens is 367 g/mol. The summed E-state index contributed by atoms with van der Waals surface area (Å²) in [5.41, 5.74) is 0. The van der Waals surface area contributed by atoms with Gasteiger partial charge in [-0.15, -0.1) is 0 Å². The second-order valence-electron chi connectivity index (χ2n) is 5.75. The third-order valence-electron chi connectivity index (χ3n) is 3.44. The number of hydrogen-bond donors (Lipinski definition) is 3. The van der Waals surface area contributed by atoms with E-state index in [9.17, 15) is 3.32 Å². The molecule has 0 saturated heterocycles. The third-order valence-corrected chi connectivity index (χ3v) is 4.81. The average molecular weight is 404 g/mol. The van der Waals surface area contributed by atoms with Gasteiger partial charge in [-0.3, -0.25) is 0 Å². The first kappa shape index (κ1) is 27.0. The Morgan fingerprint density at radius 2 is 0.958 bits per heavy atom. The van der Waals surface area contributed by atoms with Gasteiger partial charge in [0.25, 0.3) is 0 Å². The van der Waals surface area contributed by atoms with E-state index in [0.717, 1.165) is 12.8 Å². The molecule has 0 rings (SSSR count). The van der Waals surface area contributed by atoms with Crippen LogP contribution in [0.25, 0.3) is 0 Å². The quantitative estimate of drug-likeness (QED) is 0.196. The topological polar surface area (TPSA) is 96.2 Å². The van der Waals surface area contributed by atoms with Crippen molar-refractivity contribution in [2.24, 2.45) is 0 Å². The minimum absolute atomic E-state index is 0.613. The second-order valence-corrected chi connectivity index (χ2v) is 7.97. The predicted octanol–water partition coefficient (Wildman–Crippen LogP) is 4.72. The van der Waals surface area contributed by atoms with Gasteiger partial charge in [-0.25, -0.2) is 0 Å². The Hall–Kier alpha value is 0.744. The van der Waals surface area contributed by atoms with Gasteiger partial charge in [-0.2, -0.15) is 0 Å². The molecule has 0 unspecified atom stereocenters. The van der Waals surface area contributed by atoms with Crippen LogP contribution < -0.4 is 0 Å². The summed E-state index contributed by atoms with van der Waals surface area (Å²) in [5, 5.41) is 0. The largest absolute Gasteiger partial charge is 0.328 e. The van der Waals surface area contributed by atoms with Crippen LogP contribution in [0, 0.1) is 0 Å². The molecule has 0 spiro atoms. The SMILES string of the molecule is CCCCCCCC[O][Ti](=[O])[O]CCCCCCCC.OP(O)O. The van der Waals surface area contributed by atoms with E-state index in [2.05, 4.69) is 13.8 Å². The van der Waals surface area contributed by atoms with Gasteiger partial charge in [0.1, 0.15) is 0 Å². The number of hydrogen-bond acceptors (Lipinski definition) is 6. The van der Waals surface area contributed by atoms with Gasteiger partial charge in [0.15, 0.2) is 0 Å². The maximum atomic E-state index is 11.5. The van der Waals surface area contributed by atoms with E-state index in [4.69, 9.17) is 21.3 Å². The fourth-order valence-electron chi connectivity index (χ4n) is 2.12.